The van der Waals surface area contributed by atoms with Crippen molar-refractivity contribution >= 4 is 23.2 Å². The third kappa shape index (κ3) is 5.46. The van der Waals surface area contributed by atoms with Crippen molar-refractivity contribution in [2.75, 3.05) is 5.32 Å². The summed E-state index contributed by atoms with van der Waals surface area (Å²) >= 11 is 0. The molecule has 138 valence electrons. The molecule has 0 saturated heterocycles. The smallest absolute Gasteiger partial charge is 0.415 e. The quantitative estimate of drug-likeness (QED) is 0.794. The van der Waals surface area contributed by atoms with E-state index in [0.29, 0.717) is 17.0 Å². The van der Waals surface area contributed by atoms with E-state index in [1.54, 1.807) is 20.8 Å². The molecule has 0 aliphatic carbocycles. The molecule has 1 aromatic carbocycles. The van der Waals surface area contributed by atoms with Crippen LogP contribution in [-0.4, -0.2) is 22.8 Å². The molecule has 1 aromatic heterocycles. The number of amides is 1. The highest BCUT2D eigenvalue weighted by Crippen LogP contribution is 2.30. The van der Waals surface area contributed by atoms with Crippen LogP contribution in [0.5, 0.6) is 0 Å². The maximum Gasteiger partial charge on any atom is 0.415 e. The second-order valence-corrected chi connectivity index (χ2v) is 7.72. The van der Waals surface area contributed by atoms with E-state index in [9.17, 15) is 4.79 Å². The van der Waals surface area contributed by atoms with Crippen LogP contribution in [0.4, 0.5) is 10.8 Å². The number of ether oxygens (including phenoxy) is 2. The molecular weight excluding hydrogens is 320 g/mol. The Bertz CT molecular complexity index is 729. The van der Waals surface area contributed by atoms with Crippen molar-refractivity contribution in [1.29, 1.82) is 0 Å². The van der Waals surface area contributed by atoms with E-state index in [0.717, 1.165) is 5.56 Å². The Labute approximate surface area is 148 Å². The second kappa shape index (κ2) is 7.44. The zero-order chi connectivity index (χ0) is 18.8. The number of benzene rings is 1. The van der Waals surface area contributed by atoms with Crippen molar-refractivity contribution in [3.8, 4) is 0 Å². The van der Waals surface area contributed by atoms with Crippen molar-refractivity contribution in [1.82, 2.24) is 4.98 Å². The average molecular weight is 348 g/mol. The molecule has 0 saturated carbocycles. The second-order valence-electron chi connectivity index (χ2n) is 7.72. The summed E-state index contributed by atoms with van der Waals surface area (Å²) in [4.78, 5) is 16.2. The van der Waals surface area contributed by atoms with Gasteiger partial charge in [-0.1, -0.05) is 19.9 Å². The van der Waals surface area contributed by atoms with Gasteiger partial charge in [0.15, 0.2) is 5.58 Å². The van der Waals surface area contributed by atoms with Gasteiger partial charge < -0.3 is 13.9 Å². The van der Waals surface area contributed by atoms with E-state index in [1.807, 2.05) is 32.0 Å². The maximum atomic E-state index is 11.8. The fourth-order valence-corrected chi connectivity index (χ4v) is 2.48. The first-order valence-corrected chi connectivity index (χ1v) is 8.61. The Hall–Kier alpha value is -2.08. The molecule has 1 amide bonds. The summed E-state index contributed by atoms with van der Waals surface area (Å²) in [6.45, 7) is 13.7. The van der Waals surface area contributed by atoms with Crippen LogP contribution in [0.1, 0.15) is 60.1 Å². The van der Waals surface area contributed by atoms with Crippen molar-refractivity contribution in [3.63, 3.8) is 0 Å². The highest BCUT2D eigenvalue weighted by Gasteiger charge is 2.21. The number of nitrogens with one attached hydrogen (secondary N) is 1. The first kappa shape index (κ1) is 19.2. The summed E-state index contributed by atoms with van der Waals surface area (Å²) in [5.74, 6) is 0.325. The minimum atomic E-state index is -0.595. The summed E-state index contributed by atoms with van der Waals surface area (Å²) in [6.07, 6.45) is -0.490. The molecule has 1 heterocycles. The standard InChI is InChI=1S/C19H28N2O4/c1-11(2)16(23-12(3)4)13-8-9-15-14(10-13)20-17(24-15)21-18(22)25-19(5,6)7/h8-12,16H,1-7H3,(H,20,21,22). The minimum absolute atomic E-state index is 0.0247. The lowest BCUT2D eigenvalue weighted by Gasteiger charge is -2.24. The molecule has 2 rings (SSSR count). The van der Waals surface area contributed by atoms with Crippen LogP contribution >= 0.6 is 0 Å². The summed E-state index contributed by atoms with van der Waals surface area (Å²) in [7, 11) is 0. The number of hydrogen-bond donors (Lipinski definition) is 1. The molecule has 1 atom stereocenters. The molecule has 1 unspecified atom stereocenters. The van der Waals surface area contributed by atoms with Crippen molar-refractivity contribution in [2.24, 2.45) is 5.92 Å². The molecule has 6 nitrogen and oxygen atoms in total. The van der Waals surface area contributed by atoms with Crippen LogP contribution < -0.4 is 5.32 Å². The van der Waals surface area contributed by atoms with Crippen LogP contribution in [0.2, 0.25) is 0 Å². The summed E-state index contributed by atoms with van der Waals surface area (Å²) < 4.78 is 16.8. The van der Waals surface area contributed by atoms with Gasteiger partial charge in [0, 0.05) is 0 Å². The van der Waals surface area contributed by atoms with Crippen molar-refractivity contribution < 1.29 is 18.7 Å². The minimum Gasteiger partial charge on any atom is -0.443 e. The molecule has 0 aliphatic heterocycles. The Morgan fingerprint density at radius 3 is 2.44 bits per heavy atom. The SMILES string of the molecule is CC(C)OC(c1ccc2oc(NC(=O)OC(C)(C)C)nc2c1)C(C)C. The van der Waals surface area contributed by atoms with Crippen molar-refractivity contribution in [2.45, 2.75) is 66.3 Å². The fraction of sp³-hybridized carbons (Fsp3) is 0.579. The molecule has 1 N–H and O–H groups in total. The monoisotopic (exact) mass is 348 g/mol. The molecule has 0 radical (unpaired) electrons. The van der Waals surface area contributed by atoms with Crippen LogP contribution in [0.3, 0.4) is 0 Å². The lowest BCUT2D eigenvalue weighted by molar-refractivity contribution is -0.0199. The van der Waals surface area contributed by atoms with Crippen LogP contribution in [-0.2, 0) is 9.47 Å². The van der Waals surface area contributed by atoms with E-state index < -0.39 is 11.7 Å². The van der Waals surface area contributed by atoms with Crippen molar-refractivity contribution in [3.05, 3.63) is 23.8 Å². The Morgan fingerprint density at radius 2 is 1.88 bits per heavy atom. The number of carbonyl (C=O) groups is 1. The number of rotatable bonds is 5. The Balaban J connectivity index is 2.22. The number of nitrogens with zero attached hydrogens (tertiary/aromatic N) is 1. The first-order chi connectivity index (χ1) is 11.5. The zero-order valence-electron chi connectivity index (χ0n) is 16.0. The predicted octanol–water partition coefficient (Wildman–Crippen LogP) is 5.30. The van der Waals surface area contributed by atoms with Gasteiger partial charge in [-0.2, -0.15) is 4.98 Å². The van der Waals surface area contributed by atoms with E-state index in [2.05, 4.69) is 24.1 Å². The van der Waals surface area contributed by atoms with Gasteiger partial charge in [0.25, 0.3) is 0 Å². The predicted molar refractivity (Wildman–Crippen MR) is 97.7 cm³/mol. The lowest BCUT2D eigenvalue weighted by Crippen LogP contribution is -2.27. The van der Waals surface area contributed by atoms with Gasteiger partial charge >= 0.3 is 12.1 Å². The fourth-order valence-electron chi connectivity index (χ4n) is 2.48. The van der Waals surface area contributed by atoms with Gasteiger partial charge in [-0.15, -0.1) is 0 Å². The average Bonchev–Trinajstić information content (AvgIpc) is 2.82. The Morgan fingerprint density at radius 1 is 1.20 bits per heavy atom. The van der Waals surface area contributed by atoms with Crippen LogP contribution in [0, 0.1) is 5.92 Å². The lowest BCUT2D eigenvalue weighted by atomic mass is 9.98. The first-order valence-electron chi connectivity index (χ1n) is 8.61. The van der Waals surface area contributed by atoms with E-state index in [-0.39, 0.29) is 18.2 Å². The zero-order valence-corrected chi connectivity index (χ0v) is 16.0. The molecule has 25 heavy (non-hydrogen) atoms. The molecule has 0 fully saturated rings. The van der Waals surface area contributed by atoms with Gasteiger partial charge in [-0.3, -0.25) is 0 Å². The normalized spacial score (nSPS) is 13.5. The molecule has 0 aliphatic rings. The van der Waals surface area contributed by atoms with Gasteiger partial charge in [0.1, 0.15) is 11.1 Å². The van der Waals surface area contributed by atoms with Gasteiger partial charge in [0.05, 0.1) is 12.2 Å². The maximum absolute atomic E-state index is 11.8. The highest BCUT2D eigenvalue weighted by molar-refractivity contribution is 5.84. The number of hydrogen-bond acceptors (Lipinski definition) is 5. The van der Waals surface area contributed by atoms with E-state index in [1.165, 1.54) is 0 Å². The van der Waals surface area contributed by atoms with Gasteiger partial charge in [-0.05, 0) is 58.2 Å². The van der Waals surface area contributed by atoms with Crippen LogP contribution in [0.15, 0.2) is 22.6 Å². The third-order valence-electron chi connectivity index (χ3n) is 3.37. The summed E-state index contributed by atoms with van der Waals surface area (Å²) in [5, 5.41) is 2.52. The largest absolute Gasteiger partial charge is 0.443 e. The molecule has 0 bridgehead atoms. The third-order valence-corrected chi connectivity index (χ3v) is 3.37. The molecule has 6 heteroatoms. The Kier molecular flexibility index (Phi) is 5.72. The van der Waals surface area contributed by atoms with E-state index in [4.69, 9.17) is 13.9 Å². The molecular formula is C19H28N2O4. The topological polar surface area (TPSA) is 73.6 Å². The number of oxazole rings is 1. The molecule has 0 spiro atoms. The molecule has 2 aromatic rings. The summed E-state index contributed by atoms with van der Waals surface area (Å²) in [5.41, 5.74) is 1.72. The number of aromatic nitrogens is 1. The number of anilines is 1. The van der Waals surface area contributed by atoms with Crippen LogP contribution in [0.25, 0.3) is 11.1 Å². The van der Waals surface area contributed by atoms with Gasteiger partial charge in [0.2, 0.25) is 0 Å². The number of fused-ring (bicyclic) bond motifs is 1. The number of carbonyl (C=O) groups excluding carboxylic acids is 1. The van der Waals surface area contributed by atoms with Gasteiger partial charge in [-0.25, -0.2) is 10.1 Å². The summed E-state index contributed by atoms with van der Waals surface area (Å²) in [6, 6.07) is 5.87. The van der Waals surface area contributed by atoms with E-state index >= 15 is 0 Å². The highest BCUT2D eigenvalue weighted by atomic mass is 16.6.